The summed E-state index contributed by atoms with van der Waals surface area (Å²) in [6.45, 7) is 3.28. The standard InChI is InChI=1S/C22H29N3O3/c26-20-22(8-12-24(13-9-22)21(27)28)18-6-2-3-7-19(18)25(20)17-14-16(15-17)23-10-4-1-5-11-23/h2-3,6-7,16-17H,1,4-5,8-15H2,(H,27,28). The van der Waals surface area contributed by atoms with Crippen molar-refractivity contribution in [2.45, 2.75) is 62.4 Å². The van der Waals surface area contributed by atoms with Crippen molar-refractivity contribution in [1.29, 1.82) is 0 Å². The van der Waals surface area contributed by atoms with E-state index >= 15 is 0 Å². The van der Waals surface area contributed by atoms with E-state index < -0.39 is 11.5 Å². The number of carboxylic acid groups (broad SMARTS) is 1. The zero-order valence-corrected chi connectivity index (χ0v) is 16.3. The van der Waals surface area contributed by atoms with Crippen molar-refractivity contribution in [3.05, 3.63) is 29.8 Å². The molecule has 0 bridgehead atoms. The largest absolute Gasteiger partial charge is 0.465 e. The summed E-state index contributed by atoms with van der Waals surface area (Å²) in [6.07, 6.45) is 6.39. The second-order valence-corrected chi connectivity index (χ2v) is 8.92. The van der Waals surface area contributed by atoms with Gasteiger partial charge in [0.1, 0.15) is 0 Å². The van der Waals surface area contributed by atoms with Gasteiger partial charge in [-0.25, -0.2) is 4.79 Å². The first-order valence-electron chi connectivity index (χ1n) is 10.8. The minimum absolute atomic E-state index is 0.209. The van der Waals surface area contributed by atoms with E-state index in [1.807, 2.05) is 12.1 Å². The Hall–Kier alpha value is -2.08. The van der Waals surface area contributed by atoms with Gasteiger partial charge in [0.25, 0.3) is 0 Å². The summed E-state index contributed by atoms with van der Waals surface area (Å²) in [6, 6.07) is 9.11. The van der Waals surface area contributed by atoms with E-state index in [0.29, 0.717) is 32.0 Å². The molecule has 4 aliphatic rings. The number of hydrogen-bond acceptors (Lipinski definition) is 3. The SMILES string of the molecule is O=C(O)N1CCC2(CC1)C(=O)N(C1CC(N3CCCCC3)C1)c1ccccc12. The topological polar surface area (TPSA) is 64.1 Å². The highest BCUT2D eigenvalue weighted by Gasteiger charge is 2.55. The monoisotopic (exact) mass is 383 g/mol. The first-order valence-corrected chi connectivity index (χ1v) is 10.8. The van der Waals surface area contributed by atoms with Crippen molar-refractivity contribution in [2.24, 2.45) is 0 Å². The maximum absolute atomic E-state index is 13.7. The van der Waals surface area contributed by atoms with Gasteiger partial charge in [-0.2, -0.15) is 0 Å². The number of fused-ring (bicyclic) bond motifs is 2. The van der Waals surface area contributed by atoms with Gasteiger partial charge in [-0.1, -0.05) is 24.6 Å². The number of rotatable bonds is 2. The van der Waals surface area contributed by atoms with Crippen LogP contribution >= 0.6 is 0 Å². The maximum atomic E-state index is 13.7. The highest BCUT2D eigenvalue weighted by Crippen LogP contribution is 2.50. The van der Waals surface area contributed by atoms with E-state index in [-0.39, 0.29) is 11.9 Å². The van der Waals surface area contributed by atoms with E-state index in [1.54, 1.807) is 0 Å². The van der Waals surface area contributed by atoms with E-state index in [0.717, 1.165) is 24.1 Å². The van der Waals surface area contributed by atoms with Gasteiger partial charge in [-0.05, 0) is 63.2 Å². The zero-order valence-electron chi connectivity index (χ0n) is 16.3. The average Bonchev–Trinajstić information content (AvgIpc) is 2.92. The molecule has 150 valence electrons. The van der Waals surface area contributed by atoms with Crippen molar-refractivity contribution in [2.75, 3.05) is 31.1 Å². The van der Waals surface area contributed by atoms with Gasteiger partial charge in [-0.15, -0.1) is 0 Å². The van der Waals surface area contributed by atoms with Crippen LogP contribution in [-0.2, 0) is 10.2 Å². The molecule has 2 saturated heterocycles. The van der Waals surface area contributed by atoms with Crippen LogP contribution in [0.25, 0.3) is 0 Å². The van der Waals surface area contributed by atoms with Crippen molar-refractivity contribution in [3.63, 3.8) is 0 Å². The predicted molar refractivity (Wildman–Crippen MR) is 107 cm³/mol. The van der Waals surface area contributed by atoms with Crippen LogP contribution in [0.2, 0.25) is 0 Å². The van der Waals surface area contributed by atoms with Gasteiger partial charge in [0, 0.05) is 30.9 Å². The van der Waals surface area contributed by atoms with E-state index in [9.17, 15) is 14.7 Å². The summed E-state index contributed by atoms with van der Waals surface area (Å²) in [7, 11) is 0. The zero-order chi connectivity index (χ0) is 19.3. The van der Waals surface area contributed by atoms with Gasteiger partial charge in [0.2, 0.25) is 5.91 Å². The predicted octanol–water partition coefficient (Wildman–Crippen LogP) is 3.06. The molecule has 5 rings (SSSR count). The lowest BCUT2D eigenvalue weighted by atomic mass is 9.73. The number of benzene rings is 1. The second-order valence-electron chi connectivity index (χ2n) is 8.92. The van der Waals surface area contributed by atoms with Crippen molar-refractivity contribution < 1.29 is 14.7 Å². The van der Waals surface area contributed by atoms with Crippen molar-refractivity contribution in [3.8, 4) is 0 Å². The van der Waals surface area contributed by atoms with Gasteiger partial charge in [0.05, 0.1) is 5.41 Å². The van der Waals surface area contributed by atoms with Crippen molar-refractivity contribution in [1.82, 2.24) is 9.80 Å². The Labute approximate surface area is 166 Å². The van der Waals surface area contributed by atoms with Crippen LogP contribution in [0.1, 0.15) is 50.5 Å². The number of carbonyl (C=O) groups excluding carboxylic acids is 1. The van der Waals surface area contributed by atoms with Gasteiger partial charge in [-0.3, -0.25) is 4.79 Å². The second kappa shape index (κ2) is 6.76. The minimum atomic E-state index is -0.881. The van der Waals surface area contributed by atoms with Crippen molar-refractivity contribution >= 4 is 17.7 Å². The molecule has 0 radical (unpaired) electrons. The van der Waals surface area contributed by atoms with Crippen LogP contribution in [-0.4, -0.2) is 65.2 Å². The molecule has 1 N–H and O–H groups in total. The number of piperidine rings is 2. The summed E-state index contributed by atoms with van der Waals surface area (Å²) in [5.41, 5.74) is 1.66. The number of nitrogens with zero attached hydrogens (tertiary/aromatic N) is 3. The van der Waals surface area contributed by atoms with Crippen LogP contribution in [0.15, 0.2) is 24.3 Å². The Morgan fingerprint density at radius 3 is 2.32 bits per heavy atom. The number of likely N-dealkylation sites (tertiary alicyclic amines) is 2. The number of para-hydroxylation sites is 1. The molecule has 1 aliphatic carbocycles. The minimum Gasteiger partial charge on any atom is -0.465 e. The molecule has 0 atom stereocenters. The van der Waals surface area contributed by atoms with Crippen LogP contribution < -0.4 is 4.90 Å². The quantitative estimate of drug-likeness (QED) is 0.853. The van der Waals surface area contributed by atoms with E-state index in [1.165, 1.54) is 37.3 Å². The third kappa shape index (κ3) is 2.65. The highest BCUT2D eigenvalue weighted by atomic mass is 16.4. The molecule has 2 amide bonds. The molecular formula is C22H29N3O3. The Bertz CT molecular complexity index is 775. The number of amides is 2. The number of carbonyl (C=O) groups is 2. The highest BCUT2D eigenvalue weighted by molar-refractivity contribution is 6.08. The van der Waals surface area contributed by atoms with Crippen LogP contribution in [0.3, 0.4) is 0 Å². The molecule has 3 heterocycles. The van der Waals surface area contributed by atoms with Gasteiger partial charge in [0.15, 0.2) is 0 Å². The third-order valence-electron chi connectivity index (χ3n) is 7.56. The van der Waals surface area contributed by atoms with E-state index in [2.05, 4.69) is 21.9 Å². The molecular weight excluding hydrogens is 354 g/mol. The molecule has 6 heteroatoms. The molecule has 0 unspecified atom stereocenters. The molecule has 3 aliphatic heterocycles. The van der Waals surface area contributed by atoms with Gasteiger partial charge < -0.3 is 19.8 Å². The number of hydrogen-bond donors (Lipinski definition) is 1. The molecule has 1 aromatic carbocycles. The van der Waals surface area contributed by atoms with E-state index in [4.69, 9.17) is 0 Å². The fourth-order valence-electron chi connectivity index (χ4n) is 5.82. The molecule has 1 aromatic rings. The summed E-state index contributed by atoms with van der Waals surface area (Å²) in [4.78, 5) is 31.1. The summed E-state index contributed by atoms with van der Waals surface area (Å²) in [5.74, 6) is 0.209. The molecule has 6 nitrogen and oxygen atoms in total. The number of anilines is 1. The molecule has 0 aromatic heterocycles. The lowest BCUT2D eigenvalue weighted by Gasteiger charge is -2.48. The summed E-state index contributed by atoms with van der Waals surface area (Å²) < 4.78 is 0. The Morgan fingerprint density at radius 2 is 1.64 bits per heavy atom. The molecule has 1 spiro atoms. The molecule has 28 heavy (non-hydrogen) atoms. The summed E-state index contributed by atoms with van der Waals surface area (Å²) >= 11 is 0. The normalized spacial score (nSPS) is 29.6. The van der Waals surface area contributed by atoms with Crippen LogP contribution in [0.4, 0.5) is 10.5 Å². The first kappa shape index (κ1) is 18.0. The Kier molecular flexibility index (Phi) is 4.34. The smallest absolute Gasteiger partial charge is 0.407 e. The van der Waals surface area contributed by atoms with Crippen LogP contribution in [0, 0.1) is 0 Å². The Balaban J connectivity index is 1.36. The lowest BCUT2D eigenvalue weighted by Crippen LogP contribution is -2.58. The molecule has 3 fully saturated rings. The fraction of sp³-hybridized carbons (Fsp3) is 0.636. The maximum Gasteiger partial charge on any atom is 0.407 e. The summed E-state index contributed by atoms with van der Waals surface area (Å²) in [5, 5.41) is 9.30. The average molecular weight is 383 g/mol. The molecule has 1 saturated carbocycles. The Morgan fingerprint density at radius 1 is 0.964 bits per heavy atom. The van der Waals surface area contributed by atoms with Gasteiger partial charge >= 0.3 is 6.09 Å². The van der Waals surface area contributed by atoms with Crippen LogP contribution in [0.5, 0.6) is 0 Å². The third-order valence-corrected chi connectivity index (χ3v) is 7.56. The fourth-order valence-corrected chi connectivity index (χ4v) is 5.82. The first-order chi connectivity index (χ1) is 13.6. The lowest BCUT2D eigenvalue weighted by molar-refractivity contribution is -0.125.